The number of rotatable bonds is 1. The van der Waals surface area contributed by atoms with Crippen molar-refractivity contribution in [1.29, 1.82) is 0 Å². The lowest BCUT2D eigenvalue weighted by Crippen LogP contribution is -2.36. The van der Waals surface area contributed by atoms with E-state index < -0.39 is 11.9 Å². The zero-order chi connectivity index (χ0) is 14.8. The SMILES string of the molecule is CNC(=O)C1CC(C#Cc2nccc(C(F)(F)F)n2)C1. The summed E-state index contributed by atoms with van der Waals surface area (Å²) in [6, 6.07) is 0.802. The molecule has 106 valence electrons. The lowest BCUT2D eigenvalue weighted by atomic mass is 9.75. The highest BCUT2D eigenvalue weighted by atomic mass is 19.4. The van der Waals surface area contributed by atoms with Crippen molar-refractivity contribution < 1.29 is 18.0 Å². The Kier molecular flexibility index (Phi) is 3.93. The third-order valence-corrected chi connectivity index (χ3v) is 3.09. The van der Waals surface area contributed by atoms with E-state index in [1.54, 1.807) is 7.05 Å². The molecule has 2 rings (SSSR count). The summed E-state index contributed by atoms with van der Waals surface area (Å²) < 4.78 is 37.3. The van der Waals surface area contributed by atoms with Gasteiger partial charge < -0.3 is 5.32 Å². The van der Waals surface area contributed by atoms with Crippen LogP contribution in [0.25, 0.3) is 0 Å². The first-order valence-electron chi connectivity index (χ1n) is 6.03. The van der Waals surface area contributed by atoms with Crippen molar-refractivity contribution in [1.82, 2.24) is 15.3 Å². The van der Waals surface area contributed by atoms with E-state index in [1.165, 1.54) is 0 Å². The molecule has 1 aromatic rings. The van der Waals surface area contributed by atoms with Crippen LogP contribution in [0.4, 0.5) is 13.2 Å². The number of carbonyl (C=O) groups is 1. The molecule has 0 atom stereocenters. The summed E-state index contributed by atoms with van der Waals surface area (Å²) in [6.07, 6.45) is -2.23. The number of carbonyl (C=O) groups excluding carboxylic acids is 1. The highest BCUT2D eigenvalue weighted by Crippen LogP contribution is 2.33. The van der Waals surface area contributed by atoms with Crippen LogP contribution in [0.2, 0.25) is 0 Å². The van der Waals surface area contributed by atoms with E-state index in [-0.39, 0.29) is 23.6 Å². The van der Waals surface area contributed by atoms with Crippen LogP contribution in [0, 0.1) is 23.7 Å². The minimum atomic E-state index is -4.50. The Hall–Kier alpha value is -2.10. The Bertz CT molecular complexity index is 568. The fraction of sp³-hybridized carbons (Fsp3) is 0.462. The van der Waals surface area contributed by atoms with Gasteiger partial charge in [-0.05, 0) is 24.8 Å². The monoisotopic (exact) mass is 283 g/mol. The van der Waals surface area contributed by atoms with Crippen LogP contribution in [-0.2, 0) is 11.0 Å². The molecule has 1 N–H and O–H groups in total. The summed E-state index contributed by atoms with van der Waals surface area (Å²) in [5, 5.41) is 2.55. The Morgan fingerprint density at radius 3 is 2.75 bits per heavy atom. The van der Waals surface area contributed by atoms with Crippen LogP contribution in [0.5, 0.6) is 0 Å². The van der Waals surface area contributed by atoms with Crippen LogP contribution in [0.1, 0.15) is 24.4 Å². The van der Waals surface area contributed by atoms with Gasteiger partial charge in [-0.3, -0.25) is 4.79 Å². The molecule has 0 radical (unpaired) electrons. The van der Waals surface area contributed by atoms with Crippen molar-refractivity contribution in [2.75, 3.05) is 7.05 Å². The molecule has 20 heavy (non-hydrogen) atoms. The van der Waals surface area contributed by atoms with Crippen molar-refractivity contribution in [3.63, 3.8) is 0 Å². The van der Waals surface area contributed by atoms with Gasteiger partial charge in [0.15, 0.2) is 0 Å². The van der Waals surface area contributed by atoms with Gasteiger partial charge in [0.2, 0.25) is 11.7 Å². The second kappa shape index (κ2) is 5.49. The largest absolute Gasteiger partial charge is 0.433 e. The third-order valence-electron chi connectivity index (χ3n) is 3.09. The third kappa shape index (κ3) is 3.26. The Morgan fingerprint density at radius 2 is 2.15 bits per heavy atom. The molecule has 1 aromatic heterocycles. The standard InChI is InChI=1S/C13H12F3N3O/c1-17-12(20)9-6-8(7-9)2-3-11-18-5-4-10(19-11)13(14,15)16/h4-5,8-9H,6-7H2,1H3,(H,17,20). The molecule has 1 fully saturated rings. The zero-order valence-electron chi connectivity index (χ0n) is 10.7. The molecule has 0 unspecified atom stereocenters. The van der Waals surface area contributed by atoms with Gasteiger partial charge in [-0.2, -0.15) is 13.2 Å². The van der Waals surface area contributed by atoms with Gasteiger partial charge in [-0.1, -0.05) is 5.92 Å². The minimum Gasteiger partial charge on any atom is -0.359 e. The predicted molar refractivity (Wildman–Crippen MR) is 64.2 cm³/mol. The van der Waals surface area contributed by atoms with Gasteiger partial charge in [0.05, 0.1) is 0 Å². The quantitative estimate of drug-likeness (QED) is 0.797. The fourth-order valence-electron chi connectivity index (χ4n) is 1.90. The van der Waals surface area contributed by atoms with Crippen molar-refractivity contribution in [3.05, 3.63) is 23.8 Å². The number of nitrogens with zero attached hydrogens (tertiary/aromatic N) is 2. The van der Waals surface area contributed by atoms with E-state index in [0.29, 0.717) is 12.8 Å². The Balaban J connectivity index is 1.99. The van der Waals surface area contributed by atoms with E-state index in [2.05, 4.69) is 27.1 Å². The molecule has 1 aliphatic rings. The average Bonchev–Trinajstić information content (AvgIpc) is 2.36. The average molecular weight is 283 g/mol. The molecule has 0 aliphatic heterocycles. The summed E-state index contributed by atoms with van der Waals surface area (Å²) in [5.74, 6) is 5.11. The van der Waals surface area contributed by atoms with Crippen molar-refractivity contribution in [2.45, 2.75) is 19.0 Å². The van der Waals surface area contributed by atoms with Crippen LogP contribution >= 0.6 is 0 Å². The normalized spacial score (nSPS) is 21.4. The van der Waals surface area contributed by atoms with Gasteiger partial charge in [-0.25, -0.2) is 9.97 Å². The van der Waals surface area contributed by atoms with E-state index in [1.807, 2.05) is 0 Å². The van der Waals surface area contributed by atoms with E-state index >= 15 is 0 Å². The van der Waals surface area contributed by atoms with Gasteiger partial charge in [0.25, 0.3) is 0 Å². The number of nitrogens with one attached hydrogen (secondary N) is 1. The van der Waals surface area contributed by atoms with Crippen molar-refractivity contribution >= 4 is 5.91 Å². The van der Waals surface area contributed by atoms with Crippen LogP contribution in [0.15, 0.2) is 12.3 Å². The summed E-state index contributed by atoms with van der Waals surface area (Å²) in [4.78, 5) is 18.3. The second-order valence-corrected chi connectivity index (χ2v) is 4.51. The van der Waals surface area contributed by atoms with E-state index in [0.717, 1.165) is 12.3 Å². The lowest BCUT2D eigenvalue weighted by molar-refractivity contribution is -0.141. The molecule has 4 nitrogen and oxygen atoms in total. The summed E-state index contributed by atoms with van der Waals surface area (Å²) >= 11 is 0. The van der Waals surface area contributed by atoms with Crippen LogP contribution in [-0.4, -0.2) is 22.9 Å². The summed E-state index contributed by atoms with van der Waals surface area (Å²) in [5.41, 5.74) is -1.01. The van der Waals surface area contributed by atoms with E-state index in [4.69, 9.17) is 0 Å². The fourth-order valence-corrected chi connectivity index (χ4v) is 1.90. The number of aromatic nitrogens is 2. The predicted octanol–water partition coefficient (Wildman–Crippen LogP) is 1.62. The van der Waals surface area contributed by atoms with Crippen molar-refractivity contribution in [2.24, 2.45) is 11.8 Å². The topological polar surface area (TPSA) is 54.9 Å². The summed E-state index contributed by atoms with van der Waals surface area (Å²) in [7, 11) is 1.57. The van der Waals surface area contributed by atoms with Crippen molar-refractivity contribution in [3.8, 4) is 11.8 Å². The van der Waals surface area contributed by atoms with Gasteiger partial charge in [0.1, 0.15) is 5.69 Å². The molecular formula is C13H12F3N3O. The Morgan fingerprint density at radius 1 is 1.45 bits per heavy atom. The van der Waals surface area contributed by atoms with Crippen LogP contribution < -0.4 is 5.32 Å². The van der Waals surface area contributed by atoms with Crippen LogP contribution in [0.3, 0.4) is 0 Å². The van der Waals surface area contributed by atoms with Gasteiger partial charge in [-0.15, -0.1) is 0 Å². The first kappa shape index (κ1) is 14.3. The maximum absolute atomic E-state index is 12.4. The van der Waals surface area contributed by atoms with Gasteiger partial charge >= 0.3 is 6.18 Å². The maximum Gasteiger partial charge on any atom is 0.433 e. The second-order valence-electron chi connectivity index (χ2n) is 4.51. The smallest absolute Gasteiger partial charge is 0.359 e. The molecular weight excluding hydrogens is 271 g/mol. The molecule has 0 spiro atoms. The highest BCUT2D eigenvalue weighted by molar-refractivity contribution is 5.79. The first-order chi connectivity index (χ1) is 9.40. The molecule has 0 aromatic carbocycles. The minimum absolute atomic E-state index is 0.00967. The summed E-state index contributed by atoms with van der Waals surface area (Å²) in [6.45, 7) is 0. The zero-order valence-corrected chi connectivity index (χ0v) is 10.7. The first-order valence-corrected chi connectivity index (χ1v) is 6.03. The number of hydrogen-bond donors (Lipinski definition) is 1. The lowest BCUT2D eigenvalue weighted by Gasteiger charge is -2.29. The molecule has 1 saturated carbocycles. The maximum atomic E-state index is 12.4. The Labute approximate surface area is 113 Å². The van der Waals surface area contributed by atoms with Gasteiger partial charge in [0, 0.05) is 25.1 Å². The molecule has 1 heterocycles. The number of amides is 1. The molecule has 1 amide bonds. The molecule has 0 saturated heterocycles. The number of halogens is 3. The molecule has 1 aliphatic carbocycles. The molecule has 7 heteroatoms. The number of alkyl halides is 3. The number of hydrogen-bond acceptors (Lipinski definition) is 3. The molecule has 0 bridgehead atoms. The van der Waals surface area contributed by atoms with E-state index in [9.17, 15) is 18.0 Å². The highest BCUT2D eigenvalue weighted by Gasteiger charge is 2.33.